The maximum absolute atomic E-state index is 12.3. The Labute approximate surface area is 127 Å². The fourth-order valence-electron chi connectivity index (χ4n) is 2.02. The van der Waals surface area contributed by atoms with Crippen molar-refractivity contribution in [3.05, 3.63) is 40.9 Å². The van der Waals surface area contributed by atoms with Crippen molar-refractivity contribution in [3.8, 4) is 0 Å². The molecular formula is C17H24ClNO. The average Bonchev–Trinajstić information content (AvgIpc) is 2.34. The number of benzene rings is 1. The van der Waals surface area contributed by atoms with Crippen molar-refractivity contribution in [2.45, 2.75) is 27.7 Å². The van der Waals surface area contributed by atoms with E-state index in [1.54, 1.807) is 6.08 Å². The van der Waals surface area contributed by atoms with Gasteiger partial charge in [0.15, 0.2) is 0 Å². The molecule has 0 aromatic heterocycles. The second-order valence-electron chi connectivity index (χ2n) is 5.92. The molecule has 0 bridgehead atoms. The average molecular weight is 294 g/mol. The smallest absolute Gasteiger partial charge is 0.246 e. The Morgan fingerprint density at radius 3 is 2.30 bits per heavy atom. The van der Waals surface area contributed by atoms with E-state index in [4.69, 9.17) is 11.6 Å². The highest BCUT2D eigenvalue weighted by atomic mass is 35.5. The lowest BCUT2D eigenvalue weighted by molar-refractivity contribution is -0.127. The van der Waals surface area contributed by atoms with Crippen molar-refractivity contribution in [1.82, 2.24) is 4.90 Å². The van der Waals surface area contributed by atoms with Crippen molar-refractivity contribution in [1.29, 1.82) is 0 Å². The molecule has 0 spiro atoms. The van der Waals surface area contributed by atoms with E-state index in [1.165, 1.54) is 0 Å². The van der Waals surface area contributed by atoms with Crippen LogP contribution in [0.4, 0.5) is 0 Å². The van der Waals surface area contributed by atoms with Crippen LogP contribution in [0.2, 0.25) is 5.02 Å². The molecule has 0 N–H and O–H groups in total. The number of halogens is 1. The standard InChI is InChI=1S/C17H24ClNO/c1-13(2)11-19(12-14(3)4)17(20)9-8-15-6-5-7-16(18)10-15/h5-10,13-14H,11-12H2,1-4H3/b9-8+. The van der Waals surface area contributed by atoms with Crippen molar-refractivity contribution >= 4 is 23.6 Å². The molecule has 2 nitrogen and oxygen atoms in total. The first kappa shape index (κ1) is 16.8. The Bertz CT molecular complexity index is 456. The molecule has 0 saturated carbocycles. The van der Waals surface area contributed by atoms with Crippen molar-refractivity contribution in [2.75, 3.05) is 13.1 Å². The van der Waals surface area contributed by atoms with Gasteiger partial charge in [-0.1, -0.05) is 51.4 Å². The van der Waals surface area contributed by atoms with Gasteiger partial charge in [0.25, 0.3) is 0 Å². The van der Waals surface area contributed by atoms with E-state index in [0.29, 0.717) is 16.9 Å². The Morgan fingerprint density at radius 2 is 1.80 bits per heavy atom. The summed E-state index contributed by atoms with van der Waals surface area (Å²) >= 11 is 5.93. The zero-order chi connectivity index (χ0) is 15.1. The van der Waals surface area contributed by atoms with Gasteiger partial charge < -0.3 is 4.90 Å². The van der Waals surface area contributed by atoms with Crippen LogP contribution >= 0.6 is 11.6 Å². The maximum atomic E-state index is 12.3. The summed E-state index contributed by atoms with van der Waals surface area (Å²) in [4.78, 5) is 14.2. The lowest BCUT2D eigenvalue weighted by atomic mass is 10.1. The lowest BCUT2D eigenvalue weighted by Gasteiger charge is -2.25. The number of hydrogen-bond acceptors (Lipinski definition) is 1. The Morgan fingerprint density at radius 1 is 1.20 bits per heavy atom. The highest BCUT2D eigenvalue weighted by Crippen LogP contribution is 2.12. The molecule has 0 aliphatic rings. The summed E-state index contributed by atoms with van der Waals surface area (Å²) in [6.07, 6.45) is 3.46. The molecule has 0 saturated heterocycles. The fourth-order valence-corrected chi connectivity index (χ4v) is 2.22. The normalized spacial score (nSPS) is 11.6. The monoisotopic (exact) mass is 293 g/mol. The van der Waals surface area contributed by atoms with Gasteiger partial charge in [0.2, 0.25) is 5.91 Å². The van der Waals surface area contributed by atoms with Crippen molar-refractivity contribution < 1.29 is 4.79 Å². The van der Waals surface area contributed by atoms with E-state index >= 15 is 0 Å². The van der Waals surface area contributed by atoms with Gasteiger partial charge >= 0.3 is 0 Å². The first-order valence-electron chi connectivity index (χ1n) is 7.11. The fraction of sp³-hybridized carbons (Fsp3) is 0.471. The molecule has 20 heavy (non-hydrogen) atoms. The third kappa shape index (κ3) is 6.25. The third-order valence-electron chi connectivity index (χ3n) is 2.75. The molecule has 110 valence electrons. The van der Waals surface area contributed by atoms with Crippen LogP contribution in [0.15, 0.2) is 30.3 Å². The van der Waals surface area contributed by atoms with Gasteiger partial charge in [-0.05, 0) is 35.6 Å². The number of carbonyl (C=O) groups excluding carboxylic acids is 1. The maximum Gasteiger partial charge on any atom is 0.246 e. The van der Waals surface area contributed by atoms with Gasteiger partial charge in [-0.15, -0.1) is 0 Å². The summed E-state index contributed by atoms with van der Waals surface area (Å²) in [5.41, 5.74) is 0.944. The highest BCUT2D eigenvalue weighted by Gasteiger charge is 2.13. The highest BCUT2D eigenvalue weighted by molar-refractivity contribution is 6.30. The number of nitrogens with zero attached hydrogens (tertiary/aromatic N) is 1. The summed E-state index contributed by atoms with van der Waals surface area (Å²) < 4.78 is 0. The van der Waals surface area contributed by atoms with Gasteiger partial charge in [0, 0.05) is 24.2 Å². The summed E-state index contributed by atoms with van der Waals surface area (Å²) in [5.74, 6) is 1.00. The van der Waals surface area contributed by atoms with E-state index in [0.717, 1.165) is 18.7 Å². The van der Waals surface area contributed by atoms with Crippen LogP contribution in [0.1, 0.15) is 33.3 Å². The summed E-state index contributed by atoms with van der Waals surface area (Å²) in [6, 6.07) is 7.49. The van der Waals surface area contributed by atoms with E-state index in [2.05, 4.69) is 27.7 Å². The summed E-state index contributed by atoms with van der Waals surface area (Å²) in [6.45, 7) is 10.1. The Hall–Kier alpha value is -1.28. The number of hydrogen-bond donors (Lipinski definition) is 0. The molecule has 0 heterocycles. The molecule has 0 atom stereocenters. The van der Waals surface area contributed by atoms with Crippen LogP contribution in [-0.2, 0) is 4.79 Å². The van der Waals surface area contributed by atoms with Crippen LogP contribution < -0.4 is 0 Å². The summed E-state index contributed by atoms with van der Waals surface area (Å²) in [5, 5.41) is 0.681. The van der Waals surface area contributed by atoms with Gasteiger partial charge in [-0.3, -0.25) is 4.79 Å². The van der Waals surface area contributed by atoms with Crippen LogP contribution in [0.5, 0.6) is 0 Å². The van der Waals surface area contributed by atoms with Crippen LogP contribution in [0.25, 0.3) is 6.08 Å². The summed E-state index contributed by atoms with van der Waals surface area (Å²) in [7, 11) is 0. The minimum atomic E-state index is 0.0624. The van der Waals surface area contributed by atoms with Gasteiger partial charge in [0.1, 0.15) is 0 Å². The topological polar surface area (TPSA) is 20.3 Å². The first-order valence-corrected chi connectivity index (χ1v) is 7.49. The molecule has 0 aliphatic heterocycles. The SMILES string of the molecule is CC(C)CN(CC(C)C)C(=O)/C=C/c1cccc(Cl)c1. The molecule has 0 unspecified atom stereocenters. The van der Waals surface area contributed by atoms with Crippen LogP contribution in [0, 0.1) is 11.8 Å². The molecule has 1 aromatic carbocycles. The molecule has 0 radical (unpaired) electrons. The van der Waals surface area contributed by atoms with Gasteiger partial charge in [-0.2, -0.15) is 0 Å². The number of rotatable bonds is 6. The molecular weight excluding hydrogens is 270 g/mol. The molecule has 0 fully saturated rings. The second kappa shape index (κ2) is 8.11. The van der Waals surface area contributed by atoms with Crippen molar-refractivity contribution in [3.63, 3.8) is 0 Å². The van der Waals surface area contributed by atoms with Crippen LogP contribution in [-0.4, -0.2) is 23.9 Å². The Balaban J connectivity index is 2.74. The van der Waals surface area contributed by atoms with Crippen molar-refractivity contribution in [2.24, 2.45) is 11.8 Å². The minimum absolute atomic E-state index is 0.0624. The quantitative estimate of drug-likeness (QED) is 0.708. The van der Waals surface area contributed by atoms with Gasteiger partial charge in [-0.25, -0.2) is 0 Å². The van der Waals surface area contributed by atoms with Gasteiger partial charge in [0.05, 0.1) is 0 Å². The van der Waals surface area contributed by atoms with E-state index in [1.807, 2.05) is 35.2 Å². The number of amides is 1. The van der Waals surface area contributed by atoms with Crippen LogP contribution in [0.3, 0.4) is 0 Å². The lowest BCUT2D eigenvalue weighted by Crippen LogP contribution is -2.35. The molecule has 1 aromatic rings. The molecule has 1 amide bonds. The number of carbonyl (C=O) groups is 1. The Kier molecular flexibility index (Phi) is 6.80. The predicted octanol–water partition coefficient (Wildman–Crippen LogP) is 4.49. The van der Waals surface area contributed by atoms with E-state index < -0.39 is 0 Å². The molecule has 3 heteroatoms. The first-order chi connectivity index (χ1) is 9.38. The van der Waals surface area contributed by atoms with E-state index in [-0.39, 0.29) is 5.91 Å². The third-order valence-corrected chi connectivity index (χ3v) is 2.98. The minimum Gasteiger partial charge on any atom is -0.339 e. The molecule has 1 rings (SSSR count). The zero-order valence-corrected chi connectivity index (χ0v) is 13.5. The largest absolute Gasteiger partial charge is 0.339 e. The van der Waals surface area contributed by atoms with E-state index in [9.17, 15) is 4.79 Å². The predicted molar refractivity (Wildman–Crippen MR) is 86.7 cm³/mol. The zero-order valence-electron chi connectivity index (χ0n) is 12.8. The molecule has 0 aliphatic carbocycles. The second-order valence-corrected chi connectivity index (χ2v) is 6.36.